The average Bonchev–Trinajstić information content (AvgIpc) is 3.16. The number of hydrogen-bond donors (Lipinski definition) is 0. The highest BCUT2D eigenvalue weighted by Gasteiger charge is 2.23. The quantitative estimate of drug-likeness (QED) is 0.138. The summed E-state index contributed by atoms with van der Waals surface area (Å²) in [7, 11) is 0. The number of nitrogens with zero attached hydrogens (tertiary/aromatic N) is 8. The third-order valence-corrected chi connectivity index (χ3v) is 10.7. The number of aldehydes is 2. The van der Waals surface area contributed by atoms with Gasteiger partial charge in [0, 0.05) is 39.4 Å². The van der Waals surface area contributed by atoms with Crippen LogP contribution < -0.4 is 0 Å². The van der Waals surface area contributed by atoms with Gasteiger partial charge < -0.3 is 0 Å². The van der Waals surface area contributed by atoms with Crippen molar-refractivity contribution in [3.8, 4) is 0 Å². The number of carbonyl (C=O) groups excluding carboxylic acids is 2. The summed E-state index contributed by atoms with van der Waals surface area (Å²) in [5.41, 5.74) is 14.0. The molecule has 0 amide bonds. The van der Waals surface area contributed by atoms with Crippen LogP contribution in [0.1, 0.15) is 92.0 Å². The maximum Gasteiger partial charge on any atom is 0.168 e. The van der Waals surface area contributed by atoms with Crippen molar-refractivity contribution in [1.82, 2.24) is 39.9 Å². The van der Waals surface area contributed by atoms with Gasteiger partial charge in [-0.3, -0.25) is 19.6 Å². The lowest BCUT2D eigenvalue weighted by molar-refractivity contribution is 0.111. The largest absolute Gasteiger partial charge is 0.296 e. The molecule has 0 saturated heterocycles. The highest BCUT2D eigenvalue weighted by molar-refractivity contribution is 6.22. The zero-order valence-electron chi connectivity index (χ0n) is 28.4. The number of hydrogen-bond acceptors (Lipinski definition) is 10. The summed E-state index contributed by atoms with van der Waals surface area (Å²) >= 11 is 0. The minimum absolute atomic E-state index is 0.291. The van der Waals surface area contributed by atoms with Gasteiger partial charge in [0.15, 0.2) is 12.6 Å². The summed E-state index contributed by atoms with van der Waals surface area (Å²) in [5.74, 6) is 0. The van der Waals surface area contributed by atoms with Crippen molar-refractivity contribution in [3.05, 3.63) is 93.1 Å². The molecule has 10 nitrogen and oxygen atoms in total. The van der Waals surface area contributed by atoms with Crippen molar-refractivity contribution in [2.45, 2.75) is 71.6 Å². The van der Waals surface area contributed by atoms with Crippen molar-refractivity contribution in [3.63, 3.8) is 0 Å². The molecule has 2 aromatic carbocycles. The lowest BCUT2D eigenvalue weighted by Crippen LogP contribution is -2.10. The maximum atomic E-state index is 12.8. The molecule has 0 spiro atoms. The Labute approximate surface area is 291 Å². The lowest BCUT2D eigenvalue weighted by atomic mass is 9.95. The molecule has 0 N–H and O–H groups in total. The second kappa shape index (κ2) is 11.3. The Morgan fingerprint density at radius 1 is 0.490 bits per heavy atom. The number of pyridine rings is 4. The summed E-state index contributed by atoms with van der Waals surface area (Å²) in [4.78, 5) is 65.0. The number of benzene rings is 2. The predicted octanol–water partition coefficient (Wildman–Crippen LogP) is 7.36. The summed E-state index contributed by atoms with van der Waals surface area (Å²) in [6, 6.07) is 11.8. The van der Waals surface area contributed by atoms with Crippen LogP contribution in [0.5, 0.6) is 0 Å². The van der Waals surface area contributed by atoms with Crippen LogP contribution in [-0.4, -0.2) is 52.4 Å². The Morgan fingerprint density at radius 2 is 0.961 bits per heavy atom. The van der Waals surface area contributed by atoms with Crippen molar-refractivity contribution in [2.24, 2.45) is 0 Å². The molecule has 0 fully saturated rings. The van der Waals surface area contributed by atoms with Crippen LogP contribution in [0, 0.1) is 13.8 Å². The number of rotatable bonds is 4. The van der Waals surface area contributed by atoms with Gasteiger partial charge in [0.1, 0.15) is 11.4 Å². The average molecular weight is 669 g/mol. The summed E-state index contributed by atoms with van der Waals surface area (Å²) < 4.78 is 0. The van der Waals surface area contributed by atoms with Crippen molar-refractivity contribution >= 4 is 78.3 Å². The smallest absolute Gasteiger partial charge is 0.168 e. The van der Waals surface area contributed by atoms with Crippen LogP contribution >= 0.6 is 0 Å². The number of carbonyl (C=O) groups is 2. The van der Waals surface area contributed by atoms with Crippen LogP contribution in [-0.2, 0) is 32.1 Å². The molecule has 0 saturated carbocycles. The first-order valence-electron chi connectivity index (χ1n) is 17.7. The summed E-state index contributed by atoms with van der Waals surface area (Å²) in [5, 5.41) is 3.38. The molecule has 6 heterocycles. The minimum atomic E-state index is 0.291. The zero-order chi connectivity index (χ0) is 34.4. The number of aryl methyl sites for hydroxylation is 6. The molecular formula is C41H32N8O2. The van der Waals surface area contributed by atoms with Gasteiger partial charge in [-0.15, -0.1) is 0 Å². The fourth-order valence-electron chi connectivity index (χ4n) is 8.14. The van der Waals surface area contributed by atoms with E-state index in [1.165, 1.54) is 0 Å². The van der Waals surface area contributed by atoms with Gasteiger partial charge in [-0.2, -0.15) is 0 Å². The third kappa shape index (κ3) is 4.62. The van der Waals surface area contributed by atoms with E-state index in [2.05, 4.69) is 17.1 Å². The molecule has 2 aliphatic carbocycles. The van der Waals surface area contributed by atoms with E-state index in [1.54, 1.807) is 6.07 Å². The topological polar surface area (TPSA) is 137 Å². The zero-order valence-corrected chi connectivity index (χ0v) is 28.4. The highest BCUT2D eigenvalue weighted by Crippen LogP contribution is 2.37. The number of fused-ring (bicyclic) bond motifs is 14. The minimum Gasteiger partial charge on any atom is -0.296 e. The van der Waals surface area contributed by atoms with E-state index in [0.717, 1.165) is 164 Å². The van der Waals surface area contributed by atoms with E-state index >= 15 is 0 Å². The standard InChI is InChI=1S/C41H32N8O2/c1-20-11-13-25-34(42-20)38-27(40-36(25)45-29-7-3-5-9-31(29)47-40)16-22(21(2)43-38)15-23-17-28-39(49-33(23)19-51)35-26(14-12-24(18-50)44-35)37-41(28)48-32-10-6-4-8-30(32)46-37/h11-14,16-19H,3-10,15H2,1-2H3. The molecule has 0 bridgehead atoms. The Kier molecular flexibility index (Phi) is 6.65. The Balaban J connectivity index is 1.23. The molecule has 0 unspecified atom stereocenters. The van der Waals surface area contributed by atoms with E-state index in [-0.39, 0.29) is 0 Å². The monoisotopic (exact) mass is 668 g/mol. The Morgan fingerprint density at radius 3 is 1.53 bits per heavy atom. The Hall–Kier alpha value is -5.90. The van der Waals surface area contributed by atoms with Crippen LogP contribution in [0.15, 0.2) is 36.4 Å². The molecule has 0 aliphatic heterocycles. The van der Waals surface area contributed by atoms with Gasteiger partial charge in [0.05, 0.1) is 66.9 Å². The van der Waals surface area contributed by atoms with E-state index in [9.17, 15) is 9.59 Å². The molecule has 0 atom stereocenters. The van der Waals surface area contributed by atoms with Crippen molar-refractivity contribution < 1.29 is 9.59 Å². The molecular weight excluding hydrogens is 637 g/mol. The maximum absolute atomic E-state index is 12.8. The second-order valence-electron chi connectivity index (χ2n) is 14.0. The van der Waals surface area contributed by atoms with Crippen molar-refractivity contribution in [1.29, 1.82) is 0 Å². The molecule has 2 aliphatic rings. The molecule has 10 rings (SSSR count). The molecule has 248 valence electrons. The molecule has 6 aromatic heterocycles. The summed E-state index contributed by atoms with van der Waals surface area (Å²) in [6.45, 7) is 3.99. The lowest BCUT2D eigenvalue weighted by Gasteiger charge is -2.18. The second-order valence-corrected chi connectivity index (χ2v) is 14.0. The molecule has 0 radical (unpaired) electrons. The highest BCUT2D eigenvalue weighted by atomic mass is 16.1. The first-order valence-corrected chi connectivity index (χ1v) is 17.7. The van der Waals surface area contributed by atoms with Crippen LogP contribution in [0.3, 0.4) is 0 Å². The molecule has 51 heavy (non-hydrogen) atoms. The van der Waals surface area contributed by atoms with Crippen LogP contribution in [0.25, 0.3) is 65.7 Å². The number of aromatic nitrogens is 8. The van der Waals surface area contributed by atoms with Gasteiger partial charge in [0.2, 0.25) is 0 Å². The van der Waals surface area contributed by atoms with E-state index in [4.69, 9.17) is 34.9 Å². The van der Waals surface area contributed by atoms with Gasteiger partial charge in [-0.1, -0.05) is 0 Å². The molecule has 8 aromatic rings. The fraction of sp³-hybridized carbons (Fsp3) is 0.268. The van der Waals surface area contributed by atoms with E-state index < -0.39 is 0 Å². The predicted molar refractivity (Wildman–Crippen MR) is 197 cm³/mol. The van der Waals surface area contributed by atoms with Gasteiger partial charge in [-0.25, -0.2) is 29.9 Å². The van der Waals surface area contributed by atoms with Crippen LogP contribution in [0.2, 0.25) is 0 Å². The van der Waals surface area contributed by atoms with Crippen molar-refractivity contribution in [2.75, 3.05) is 0 Å². The fourth-order valence-corrected chi connectivity index (χ4v) is 8.14. The normalized spacial score (nSPS) is 14.5. The van der Waals surface area contributed by atoms with Gasteiger partial charge in [-0.05, 0) is 113 Å². The SMILES string of the molecule is Cc1ccc2c(n1)c1nc(C)c(Cc3cc4c(nc3C=O)c3nc(C=O)ccc3c3nc5c(nc43)CCCC5)cc1c1nc3c(nc21)CCCC3. The first-order chi connectivity index (χ1) is 25.0. The molecule has 10 heteroatoms. The first kappa shape index (κ1) is 30.0. The van der Waals surface area contributed by atoms with Gasteiger partial charge in [0.25, 0.3) is 0 Å². The van der Waals surface area contributed by atoms with E-state index in [0.29, 0.717) is 28.8 Å². The van der Waals surface area contributed by atoms with Gasteiger partial charge >= 0.3 is 0 Å². The van der Waals surface area contributed by atoms with Crippen LogP contribution in [0.4, 0.5) is 0 Å². The Bertz CT molecular complexity index is 2870. The summed E-state index contributed by atoms with van der Waals surface area (Å²) in [6.07, 6.45) is 9.90. The third-order valence-electron chi connectivity index (χ3n) is 10.7. The van der Waals surface area contributed by atoms with E-state index in [1.807, 2.05) is 32.0 Å².